The van der Waals surface area contributed by atoms with Gasteiger partial charge in [0.1, 0.15) is 11.5 Å². The number of aromatic nitrogens is 4. The van der Waals surface area contributed by atoms with Crippen molar-refractivity contribution in [2.75, 3.05) is 13.2 Å². The number of pyridine rings is 1. The van der Waals surface area contributed by atoms with Crippen LogP contribution in [0.3, 0.4) is 0 Å². The van der Waals surface area contributed by atoms with Gasteiger partial charge in [0.15, 0.2) is 5.69 Å². The van der Waals surface area contributed by atoms with E-state index in [1.165, 1.54) is 16.8 Å². The van der Waals surface area contributed by atoms with E-state index in [1.54, 1.807) is 36.7 Å². The van der Waals surface area contributed by atoms with E-state index >= 15 is 0 Å². The quantitative estimate of drug-likeness (QED) is 0.749. The first kappa shape index (κ1) is 17.3. The Labute approximate surface area is 155 Å². The Morgan fingerprint density at radius 3 is 2.70 bits per heavy atom. The van der Waals surface area contributed by atoms with E-state index in [0.717, 1.165) is 25.0 Å². The molecular formula is C19H18FN5O2. The van der Waals surface area contributed by atoms with Crippen LogP contribution in [0.2, 0.25) is 0 Å². The number of rotatable bonds is 5. The summed E-state index contributed by atoms with van der Waals surface area (Å²) >= 11 is 0. The van der Waals surface area contributed by atoms with Crippen LogP contribution in [0.15, 0.2) is 48.8 Å². The Balaban J connectivity index is 1.68. The van der Waals surface area contributed by atoms with Crippen LogP contribution < -0.4 is 5.32 Å². The third-order valence-corrected chi connectivity index (χ3v) is 4.42. The highest BCUT2D eigenvalue weighted by Gasteiger charge is 2.24. The molecule has 1 N–H and O–H groups in total. The molecule has 1 saturated heterocycles. The van der Waals surface area contributed by atoms with Crippen LogP contribution in [-0.2, 0) is 4.74 Å². The second kappa shape index (κ2) is 7.63. The highest BCUT2D eigenvalue weighted by atomic mass is 19.1. The van der Waals surface area contributed by atoms with Crippen molar-refractivity contribution >= 4 is 5.91 Å². The maximum atomic E-state index is 13.3. The molecule has 1 aliphatic rings. The molecule has 27 heavy (non-hydrogen) atoms. The fourth-order valence-electron chi connectivity index (χ4n) is 3.06. The van der Waals surface area contributed by atoms with E-state index in [9.17, 15) is 9.18 Å². The number of benzene rings is 1. The number of carbonyl (C=O) groups is 1. The summed E-state index contributed by atoms with van der Waals surface area (Å²) in [6.45, 7) is 1.15. The summed E-state index contributed by atoms with van der Waals surface area (Å²) in [6.07, 6.45) is 5.23. The molecule has 0 spiro atoms. The third kappa shape index (κ3) is 3.70. The summed E-state index contributed by atoms with van der Waals surface area (Å²) in [5, 5.41) is 11.1. The first-order valence-corrected chi connectivity index (χ1v) is 8.74. The second-order valence-corrected chi connectivity index (χ2v) is 6.26. The summed E-state index contributed by atoms with van der Waals surface area (Å²) in [7, 11) is 0. The van der Waals surface area contributed by atoms with E-state index in [4.69, 9.17) is 4.74 Å². The van der Waals surface area contributed by atoms with Gasteiger partial charge in [-0.25, -0.2) is 9.07 Å². The summed E-state index contributed by atoms with van der Waals surface area (Å²) < 4.78 is 20.3. The third-order valence-electron chi connectivity index (χ3n) is 4.42. The Bertz CT molecular complexity index is 921. The molecule has 3 heterocycles. The van der Waals surface area contributed by atoms with Crippen molar-refractivity contribution in [3.05, 3.63) is 60.3 Å². The van der Waals surface area contributed by atoms with Gasteiger partial charge in [-0.1, -0.05) is 5.21 Å². The maximum Gasteiger partial charge on any atom is 0.274 e. The molecule has 8 heteroatoms. The first-order valence-electron chi connectivity index (χ1n) is 8.74. The lowest BCUT2D eigenvalue weighted by atomic mass is 10.1. The number of ether oxygens (including phenoxy) is 1. The van der Waals surface area contributed by atoms with Gasteiger partial charge >= 0.3 is 0 Å². The van der Waals surface area contributed by atoms with Gasteiger partial charge in [0, 0.05) is 31.1 Å². The summed E-state index contributed by atoms with van der Waals surface area (Å²) in [6, 6.07) is 9.39. The predicted octanol–water partition coefficient (Wildman–Crippen LogP) is 2.38. The van der Waals surface area contributed by atoms with Crippen molar-refractivity contribution in [3.63, 3.8) is 0 Å². The fraction of sp³-hybridized carbons (Fsp3) is 0.263. The predicted molar refractivity (Wildman–Crippen MR) is 95.9 cm³/mol. The molecule has 4 rings (SSSR count). The average Bonchev–Trinajstić information content (AvgIpc) is 3.37. The van der Waals surface area contributed by atoms with Crippen LogP contribution in [-0.4, -0.2) is 45.1 Å². The number of halogens is 1. The highest BCUT2D eigenvalue weighted by Crippen LogP contribution is 2.25. The van der Waals surface area contributed by atoms with E-state index in [1.807, 2.05) is 0 Å². The van der Waals surface area contributed by atoms with Crippen LogP contribution in [0, 0.1) is 5.82 Å². The molecule has 3 aromatic rings. The van der Waals surface area contributed by atoms with Gasteiger partial charge in [0.2, 0.25) is 0 Å². The number of nitrogens with one attached hydrogen (secondary N) is 1. The van der Waals surface area contributed by atoms with Crippen LogP contribution in [0.25, 0.3) is 16.9 Å². The van der Waals surface area contributed by atoms with Crippen molar-refractivity contribution in [1.82, 2.24) is 25.3 Å². The minimum atomic E-state index is -0.348. The van der Waals surface area contributed by atoms with Gasteiger partial charge in [0.25, 0.3) is 5.91 Å². The van der Waals surface area contributed by atoms with Crippen LogP contribution in [0.5, 0.6) is 0 Å². The Kier molecular flexibility index (Phi) is 4.88. The second-order valence-electron chi connectivity index (χ2n) is 6.26. The number of hydrogen-bond donors (Lipinski definition) is 1. The topological polar surface area (TPSA) is 81.9 Å². The Morgan fingerprint density at radius 2 is 2.00 bits per heavy atom. The minimum absolute atomic E-state index is 0.0328. The van der Waals surface area contributed by atoms with Gasteiger partial charge < -0.3 is 10.1 Å². The van der Waals surface area contributed by atoms with Gasteiger partial charge in [-0.2, -0.15) is 0 Å². The van der Waals surface area contributed by atoms with E-state index in [0.29, 0.717) is 17.9 Å². The molecule has 1 fully saturated rings. The smallest absolute Gasteiger partial charge is 0.274 e. The molecule has 1 atom stereocenters. The first-order chi connectivity index (χ1) is 13.2. The molecule has 1 aliphatic heterocycles. The van der Waals surface area contributed by atoms with Crippen LogP contribution >= 0.6 is 0 Å². The van der Waals surface area contributed by atoms with Gasteiger partial charge in [0.05, 0.1) is 11.8 Å². The van der Waals surface area contributed by atoms with E-state index in [-0.39, 0.29) is 23.5 Å². The lowest BCUT2D eigenvalue weighted by molar-refractivity contribution is 0.0854. The summed E-state index contributed by atoms with van der Waals surface area (Å²) in [5.74, 6) is -0.676. The molecule has 1 amide bonds. The minimum Gasteiger partial charge on any atom is -0.376 e. The SMILES string of the molecule is O=C(NC[C@@H]1CCCO1)c1nnn(-c2ccc(F)cc2)c1-c1ccncc1. The molecule has 0 radical (unpaired) electrons. The lowest BCUT2D eigenvalue weighted by Crippen LogP contribution is -2.32. The number of nitrogens with zero attached hydrogens (tertiary/aromatic N) is 4. The zero-order chi connectivity index (χ0) is 18.6. The molecule has 0 saturated carbocycles. The Hall–Kier alpha value is -3.13. The summed E-state index contributed by atoms with van der Waals surface area (Å²) in [5.41, 5.74) is 2.06. The molecule has 1 aromatic carbocycles. The zero-order valence-corrected chi connectivity index (χ0v) is 14.5. The fourth-order valence-corrected chi connectivity index (χ4v) is 3.06. The Morgan fingerprint density at radius 1 is 1.22 bits per heavy atom. The zero-order valence-electron chi connectivity index (χ0n) is 14.5. The van der Waals surface area contributed by atoms with Gasteiger partial charge in [-0.15, -0.1) is 5.10 Å². The van der Waals surface area contributed by atoms with Crippen molar-refractivity contribution < 1.29 is 13.9 Å². The van der Waals surface area contributed by atoms with E-state index < -0.39 is 0 Å². The van der Waals surface area contributed by atoms with Crippen molar-refractivity contribution in [2.45, 2.75) is 18.9 Å². The molecule has 138 valence electrons. The largest absolute Gasteiger partial charge is 0.376 e. The van der Waals surface area contributed by atoms with Crippen molar-refractivity contribution in [3.8, 4) is 16.9 Å². The van der Waals surface area contributed by atoms with Gasteiger partial charge in [-0.3, -0.25) is 9.78 Å². The summed E-state index contributed by atoms with van der Waals surface area (Å²) in [4.78, 5) is 16.8. The molecule has 7 nitrogen and oxygen atoms in total. The molecule has 2 aromatic heterocycles. The van der Waals surface area contributed by atoms with Crippen molar-refractivity contribution in [1.29, 1.82) is 0 Å². The average molecular weight is 367 g/mol. The monoisotopic (exact) mass is 367 g/mol. The molecule has 0 aliphatic carbocycles. The standard InChI is InChI=1S/C19H18FN5O2/c20-14-3-5-15(6-4-14)25-18(13-7-9-21-10-8-13)17(23-24-25)19(26)22-12-16-2-1-11-27-16/h3-10,16H,1-2,11-12H2,(H,22,26)/t16-/m0/s1. The van der Waals surface area contributed by atoms with Crippen molar-refractivity contribution in [2.24, 2.45) is 0 Å². The maximum absolute atomic E-state index is 13.3. The number of hydrogen-bond acceptors (Lipinski definition) is 5. The normalized spacial score (nSPS) is 16.4. The van der Waals surface area contributed by atoms with Crippen LogP contribution in [0.4, 0.5) is 4.39 Å². The number of carbonyl (C=O) groups excluding carboxylic acids is 1. The van der Waals surface area contributed by atoms with Gasteiger partial charge in [-0.05, 0) is 49.2 Å². The highest BCUT2D eigenvalue weighted by molar-refractivity contribution is 5.98. The lowest BCUT2D eigenvalue weighted by Gasteiger charge is -2.11. The van der Waals surface area contributed by atoms with Crippen LogP contribution in [0.1, 0.15) is 23.3 Å². The molecule has 0 bridgehead atoms. The molecule has 0 unspecified atom stereocenters. The van der Waals surface area contributed by atoms with E-state index in [2.05, 4.69) is 20.6 Å². The number of amides is 1. The molecular weight excluding hydrogens is 349 g/mol.